The molecule has 3 heteroatoms. The largest absolute Gasteiger partial charge is 0.316 e. The summed E-state index contributed by atoms with van der Waals surface area (Å²) in [5.74, 6) is 3.68. The van der Waals surface area contributed by atoms with Crippen LogP contribution in [0.15, 0.2) is 29.2 Å². The van der Waals surface area contributed by atoms with Gasteiger partial charge in [-0.05, 0) is 62.3 Å². The van der Waals surface area contributed by atoms with Crippen molar-refractivity contribution >= 4 is 23.4 Å². The molecule has 1 aromatic rings. The average Bonchev–Trinajstić information content (AvgIpc) is 2.38. The molecular formula is C17H26ClNS. The van der Waals surface area contributed by atoms with Gasteiger partial charge in [0.1, 0.15) is 0 Å². The summed E-state index contributed by atoms with van der Waals surface area (Å²) in [7, 11) is 2.10. The number of hydrogen-bond donors (Lipinski definition) is 1. The molecule has 112 valence electrons. The van der Waals surface area contributed by atoms with Crippen molar-refractivity contribution in [1.82, 2.24) is 5.32 Å². The molecule has 0 bridgehead atoms. The van der Waals surface area contributed by atoms with E-state index in [1.54, 1.807) is 0 Å². The molecule has 1 aliphatic carbocycles. The standard InChI is InChI=1S/C17H26ClNS/c1-12-7-13(2)9-14(8-12)17(19-3)11-20-16-6-4-5-15(18)10-16/h4-6,10,12-14,17,19H,7-9,11H2,1-3H3. The normalized spacial score (nSPS) is 28.3. The number of halogens is 1. The fourth-order valence-electron chi connectivity index (χ4n) is 3.54. The van der Waals surface area contributed by atoms with Gasteiger partial charge in [-0.1, -0.05) is 31.5 Å². The molecule has 1 aliphatic rings. The molecular weight excluding hydrogens is 286 g/mol. The molecule has 0 aliphatic heterocycles. The van der Waals surface area contributed by atoms with Crippen LogP contribution in [-0.2, 0) is 0 Å². The highest BCUT2D eigenvalue weighted by atomic mass is 35.5. The zero-order valence-corrected chi connectivity index (χ0v) is 14.3. The van der Waals surface area contributed by atoms with Crippen molar-refractivity contribution in [3.8, 4) is 0 Å². The van der Waals surface area contributed by atoms with Crippen LogP contribution >= 0.6 is 23.4 Å². The zero-order valence-electron chi connectivity index (χ0n) is 12.7. The minimum Gasteiger partial charge on any atom is -0.316 e. The second-order valence-electron chi connectivity index (χ2n) is 6.34. The minimum absolute atomic E-state index is 0.601. The summed E-state index contributed by atoms with van der Waals surface area (Å²) in [6.45, 7) is 4.80. The van der Waals surface area contributed by atoms with Crippen LogP contribution in [0.1, 0.15) is 33.1 Å². The monoisotopic (exact) mass is 311 g/mol. The third-order valence-corrected chi connectivity index (χ3v) is 5.73. The number of hydrogen-bond acceptors (Lipinski definition) is 2. The second kappa shape index (κ2) is 7.72. The van der Waals surface area contributed by atoms with Crippen molar-refractivity contribution in [2.75, 3.05) is 12.8 Å². The summed E-state index contributed by atoms with van der Waals surface area (Å²) in [4.78, 5) is 1.27. The minimum atomic E-state index is 0.601. The lowest BCUT2D eigenvalue weighted by atomic mass is 9.74. The van der Waals surface area contributed by atoms with Crippen LogP contribution in [-0.4, -0.2) is 18.8 Å². The molecule has 1 N–H and O–H groups in total. The van der Waals surface area contributed by atoms with E-state index in [-0.39, 0.29) is 0 Å². The Morgan fingerprint density at radius 1 is 1.25 bits per heavy atom. The first kappa shape index (κ1) is 16.2. The number of nitrogens with one attached hydrogen (secondary N) is 1. The smallest absolute Gasteiger partial charge is 0.0417 e. The van der Waals surface area contributed by atoms with E-state index in [4.69, 9.17) is 11.6 Å². The third kappa shape index (κ3) is 4.68. The lowest BCUT2D eigenvalue weighted by Crippen LogP contribution is -2.39. The zero-order chi connectivity index (χ0) is 14.5. The molecule has 0 spiro atoms. The third-order valence-electron chi connectivity index (χ3n) is 4.38. The van der Waals surface area contributed by atoms with Crippen LogP contribution in [0.4, 0.5) is 0 Å². The Morgan fingerprint density at radius 2 is 1.95 bits per heavy atom. The summed E-state index contributed by atoms with van der Waals surface area (Å²) in [5, 5.41) is 4.37. The van der Waals surface area contributed by atoms with Crippen LogP contribution in [0.2, 0.25) is 5.02 Å². The molecule has 3 atom stereocenters. The first-order chi connectivity index (χ1) is 9.58. The lowest BCUT2D eigenvalue weighted by Gasteiger charge is -2.36. The van der Waals surface area contributed by atoms with E-state index in [1.807, 2.05) is 23.9 Å². The molecule has 0 radical (unpaired) electrons. The van der Waals surface area contributed by atoms with Gasteiger partial charge in [0.15, 0.2) is 0 Å². The van der Waals surface area contributed by atoms with E-state index in [0.29, 0.717) is 6.04 Å². The summed E-state index contributed by atoms with van der Waals surface area (Å²) in [5.41, 5.74) is 0. The van der Waals surface area contributed by atoms with Gasteiger partial charge in [0.25, 0.3) is 0 Å². The topological polar surface area (TPSA) is 12.0 Å². The maximum atomic E-state index is 6.05. The van der Waals surface area contributed by atoms with E-state index in [0.717, 1.165) is 28.5 Å². The van der Waals surface area contributed by atoms with Crippen LogP contribution in [0.25, 0.3) is 0 Å². The van der Waals surface area contributed by atoms with Crippen molar-refractivity contribution in [1.29, 1.82) is 0 Å². The molecule has 0 amide bonds. The van der Waals surface area contributed by atoms with Gasteiger partial charge in [-0.2, -0.15) is 0 Å². The van der Waals surface area contributed by atoms with Gasteiger partial charge in [-0.3, -0.25) is 0 Å². The highest BCUT2D eigenvalue weighted by Crippen LogP contribution is 2.36. The Balaban J connectivity index is 1.91. The predicted octanol–water partition coefficient (Wildman–Crippen LogP) is 5.09. The number of rotatable bonds is 5. The summed E-state index contributed by atoms with van der Waals surface area (Å²) < 4.78 is 0. The lowest BCUT2D eigenvalue weighted by molar-refractivity contribution is 0.188. The molecule has 2 rings (SSSR count). The van der Waals surface area contributed by atoms with E-state index < -0.39 is 0 Å². The molecule has 20 heavy (non-hydrogen) atoms. The van der Waals surface area contributed by atoms with Gasteiger partial charge in [0, 0.05) is 21.7 Å². The van der Waals surface area contributed by atoms with Gasteiger partial charge in [-0.15, -0.1) is 11.8 Å². The van der Waals surface area contributed by atoms with Crippen molar-refractivity contribution < 1.29 is 0 Å². The molecule has 0 heterocycles. The maximum Gasteiger partial charge on any atom is 0.0417 e. The van der Waals surface area contributed by atoms with E-state index in [1.165, 1.54) is 24.2 Å². The highest BCUT2D eigenvalue weighted by molar-refractivity contribution is 7.99. The first-order valence-electron chi connectivity index (χ1n) is 7.64. The molecule has 1 nitrogen and oxygen atoms in total. The molecule has 0 saturated heterocycles. The highest BCUT2D eigenvalue weighted by Gasteiger charge is 2.29. The Kier molecular flexibility index (Phi) is 6.25. The Labute approximate surface area is 132 Å². The molecule has 3 unspecified atom stereocenters. The number of benzene rings is 1. The van der Waals surface area contributed by atoms with Crippen LogP contribution < -0.4 is 5.32 Å². The Bertz CT molecular complexity index is 413. The fraction of sp³-hybridized carbons (Fsp3) is 0.647. The second-order valence-corrected chi connectivity index (χ2v) is 7.87. The molecule has 1 aromatic carbocycles. The number of thioether (sulfide) groups is 1. The van der Waals surface area contributed by atoms with Gasteiger partial charge in [0.2, 0.25) is 0 Å². The summed E-state index contributed by atoms with van der Waals surface area (Å²) in [6.07, 6.45) is 4.13. The van der Waals surface area contributed by atoms with Gasteiger partial charge < -0.3 is 5.32 Å². The predicted molar refractivity (Wildman–Crippen MR) is 90.7 cm³/mol. The van der Waals surface area contributed by atoms with Crippen molar-refractivity contribution in [2.45, 2.75) is 44.0 Å². The molecule has 0 aromatic heterocycles. The van der Waals surface area contributed by atoms with Crippen LogP contribution in [0, 0.1) is 17.8 Å². The maximum absolute atomic E-state index is 6.05. The van der Waals surface area contributed by atoms with E-state index in [9.17, 15) is 0 Å². The quantitative estimate of drug-likeness (QED) is 0.760. The van der Waals surface area contributed by atoms with E-state index >= 15 is 0 Å². The van der Waals surface area contributed by atoms with Gasteiger partial charge >= 0.3 is 0 Å². The Morgan fingerprint density at radius 3 is 2.55 bits per heavy atom. The fourth-order valence-corrected chi connectivity index (χ4v) is 4.99. The average molecular weight is 312 g/mol. The first-order valence-corrected chi connectivity index (χ1v) is 9.00. The Hall–Kier alpha value is -0.180. The van der Waals surface area contributed by atoms with Crippen LogP contribution in [0.5, 0.6) is 0 Å². The van der Waals surface area contributed by atoms with Crippen molar-refractivity contribution in [3.05, 3.63) is 29.3 Å². The SMILES string of the molecule is CNC(CSc1cccc(Cl)c1)C1CC(C)CC(C)C1. The van der Waals surface area contributed by atoms with Gasteiger partial charge in [0.05, 0.1) is 0 Å². The van der Waals surface area contributed by atoms with Crippen molar-refractivity contribution in [2.24, 2.45) is 17.8 Å². The summed E-state index contributed by atoms with van der Waals surface area (Å²) in [6, 6.07) is 8.78. The van der Waals surface area contributed by atoms with Crippen LogP contribution in [0.3, 0.4) is 0 Å². The molecule has 1 saturated carbocycles. The molecule has 1 fully saturated rings. The van der Waals surface area contributed by atoms with E-state index in [2.05, 4.69) is 38.3 Å². The van der Waals surface area contributed by atoms with Crippen molar-refractivity contribution in [3.63, 3.8) is 0 Å². The van der Waals surface area contributed by atoms with Gasteiger partial charge in [-0.25, -0.2) is 0 Å². The summed E-state index contributed by atoms with van der Waals surface area (Å²) >= 11 is 7.97.